The Kier molecular flexibility index (Phi) is 5.82. The molecule has 0 bridgehead atoms. The molecule has 0 aliphatic heterocycles. The fourth-order valence-electron chi connectivity index (χ4n) is 1.45. The number of ether oxygens (including phenoxy) is 1. The van der Waals surface area contributed by atoms with Gasteiger partial charge in [0.15, 0.2) is 5.89 Å². The molecule has 1 aromatic heterocycles. The molecule has 0 radical (unpaired) electrons. The summed E-state index contributed by atoms with van der Waals surface area (Å²) < 4.78 is 11.3. The predicted molar refractivity (Wildman–Crippen MR) is 72.5 cm³/mol. The number of hydrogen-bond donors (Lipinski definition) is 1. The lowest BCUT2D eigenvalue weighted by Gasteiger charge is -2.18. The molecule has 18 heavy (non-hydrogen) atoms. The van der Waals surface area contributed by atoms with Gasteiger partial charge in [-0.15, -0.1) is 0 Å². The highest BCUT2D eigenvalue weighted by Crippen LogP contribution is 2.13. The molecule has 0 amide bonds. The summed E-state index contributed by atoms with van der Waals surface area (Å²) in [5.41, 5.74) is -0.145. The van der Waals surface area contributed by atoms with E-state index in [4.69, 9.17) is 9.15 Å². The average Bonchev–Trinajstić information content (AvgIpc) is 2.68. The second-order valence-corrected chi connectivity index (χ2v) is 5.83. The van der Waals surface area contributed by atoms with Crippen LogP contribution in [-0.2, 0) is 17.8 Å². The van der Waals surface area contributed by atoms with E-state index in [1.165, 1.54) is 0 Å². The van der Waals surface area contributed by atoms with Crippen molar-refractivity contribution >= 4 is 0 Å². The van der Waals surface area contributed by atoms with E-state index in [1.54, 1.807) is 6.20 Å². The van der Waals surface area contributed by atoms with Crippen LogP contribution in [0.3, 0.4) is 0 Å². The highest BCUT2D eigenvalue weighted by atomic mass is 16.5. The van der Waals surface area contributed by atoms with E-state index < -0.39 is 0 Å². The quantitative estimate of drug-likeness (QED) is 0.760. The summed E-state index contributed by atoms with van der Waals surface area (Å²) in [5.74, 6) is 1.60. The molecule has 1 rings (SSSR count). The summed E-state index contributed by atoms with van der Waals surface area (Å²) in [5, 5.41) is 3.37. The van der Waals surface area contributed by atoms with Gasteiger partial charge in [0, 0.05) is 12.5 Å². The van der Waals surface area contributed by atoms with Crippen molar-refractivity contribution in [1.29, 1.82) is 0 Å². The molecule has 1 heterocycles. The van der Waals surface area contributed by atoms with Crippen LogP contribution >= 0.6 is 0 Å². The van der Waals surface area contributed by atoms with Crippen LogP contribution < -0.4 is 5.32 Å². The van der Waals surface area contributed by atoms with Gasteiger partial charge in [0.2, 0.25) is 0 Å². The lowest BCUT2D eigenvalue weighted by atomic mass is 10.2. The monoisotopic (exact) mass is 254 g/mol. The van der Waals surface area contributed by atoms with Crippen molar-refractivity contribution < 1.29 is 9.15 Å². The molecular formula is C14H26N2O2. The topological polar surface area (TPSA) is 47.3 Å². The van der Waals surface area contributed by atoms with Crippen molar-refractivity contribution in [3.63, 3.8) is 0 Å². The lowest BCUT2D eigenvalue weighted by Crippen LogP contribution is -2.23. The molecule has 0 unspecified atom stereocenters. The van der Waals surface area contributed by atoms with Gasteiger partial charge in [0.25, 0.3) is 0 Å². The summed E-state index contributed by atoms with van der Waals surface area (Å²) >= 11 is 0. The van der Waals surface area contributed by atoms with Gasteiger partial charge in [-0.3, -0.25) is 0 Å². The van der Waals surface area contributed by atoms with Crippen LogP contribution in [0, 0.1) is 0 Å². The van der Waals surface area contributed by atoms with E-state index in [2.05, 4.69) is 24.1 Å². The Bertz CT molecular complexity index is 340. The molecule has 4 heteroatoms. The van der Waals surface area contributed by atoms with E-state index in [1.807, 2.05) is 20.8 Å². The number of oxazole rings is 1. The average molecular weight is 254 g/mol. The third-order valence-corrected chi connectivity index (χ3v) is 2.37. The molecule has 0 saturated heterocycles. The molecule has 4 nitrogen and oxygen atoms in total. The van der Waals surface area contributed by atoms with Crippen molar-refractivity contribution in [2.75, 3.05) is 6.54 Å². The molecule has 0 aromatic carbocycles. The van der Waals surface area contributed by atoms with Gasteiger partial charge in [0.05, 0.1) is 11.8 Å². The molecule has 1 N–H and O–H groups in total. The summed E-state index contributed by atoms with van der Waals surface area (Å²) in [7, 11) is 0. The Balaban J connectivity index is 2.26. The van der Waals surface area contributed by atoms with Gasteiger partial charge in [-0.25, -0.2) is 4.98 Å². The molecule has 1 aromatic rings. The van der Waals surface area contributed by atoms with Crippen LogP contribution in [0.2, 0.25) is 0 Å². The Morgan fingerprint density at radius 3 is 2.72 bits per heavy atom. The number of rotatable bonds is 7. The molecule has 104 valence electrons. The van der Waals surface area contributed by atoms with Crippen LogP contribution in [-0.4, -0.2) is 23.2 Å². The molecule has 0 atom stereocenters. The molecule has 0 aliphatic carbocycles. The minimum atomic E-state index is -0.145. The van der Waals surface area contributed by atoms with Crippen LogP contribution in [0.5, 0.6) is 0 Å². The number of nitrogens with one attached hydrogen (secondary N) is 1. The van der Waals surface area contributed by atoms with E-state index in [9.17, 15) is 0 Å². The van der Waals surface area contributed by atoms with Crippen molar-refractivity contribution in [2.45, 2.75) is 65.7 Å². The highest BCUT2D eigenvalue weighted by molar-refractivity contribution is 4.93. The van der Waals surface area contributed by atoms with Gasteiger partial charge in [-0.05, 0) is 33.7 Å². The fraction of sp³-hybridized carbons (Fsp3) is 0.786. The summed E-state index contributed by atoms with van der Waals surface area (Å²) in [4.78, 5) is 4.26. The highest BCUT2D eigenvalue weighted by Gasteiger charge is 2.12. The largest absolute Gasteiger partial charge is 0.443 e. The van der Waals surface area contributed by atoms with E-state index >= 15 is 0 Å². The summed E-state index contributed by atoms with van der Waals surface area (Å²) in [6.45, 7) is 11.9. The Morgan fingerprint density at radius 1 is 1.39 bits per heavy atom. The van der Waals surface area contributed by atoms with Gasteiger partial charge in [0.1, 0.15) is 12.4 Å². The molecule has 0 spiro atoms. The maximum absolute atomic E-state index is 5.64. The van der Waals surface area contributed by atoms with Crippen molar-refractivity contribution in [1.82, 2.24) is 10.3 Å². The minimum absolute atomic E-state index is 0.145. The standard InChI is InChI=1S/C14H26N2O2/c1-11(2)15-8-6-7-13-16-9-12(18-13)10-17-14(3,4)5/h9,11,15H,6-8,10H2,1-5H3. The van der Waals surface area contributed by atoms with Crippen LogP contribution in [0.15, 0.2) is 10.6 Å². The van der Waals surface area contributed by atoms with Crippen molar-refractivity contribution in [3.05, 3.63) is 17.8 Å². The van der Waals surface area contributed by atoms with Crippen LogP contribution in [0.25, 0.3) is 0 Å². The van der Waals surface area contributed by atoms with Crippen LogP contribution in [0.4, 0.5) is 0 Å². The van der Waals surface area contributed by atoms with E-state index in [0.717, 1.165) is 31.0 Å². The summed E-state index contributed by atoms with van der Waals surface area (Å²) in [6, 6.07) is 0.533. The molecule has 0 fully saturated rings. The van der Waals surface area contributed by atoms with Gasteiger partial charge in [-0.2, -0.15) is 0 Å². The zero-order chi connectivity index (χ0) is 13.6. The molecule has 0 aliphatic rings. The van der Waals surface area contributed by atoms with Crippen LogP contribution in [0.1, 0.15) is 52.7 Å². The third-order valence-electron chi connectivity index (χ3n) is 2.37. The smallest absolute Gasteiger partial charge is 0.194 e. The molecular weight excluding hydrogens is 228 g/mol. The maximum atomic E-state index is 5.64. The third kappa shape index (κ3) is 6.77. The van der Waals surface area contributed by atoms with Gasteiger partial charge in [-0.1, -0.05) is 13.8 Å². The van der Waals surface area contributed by atoms with E-state index in [-0.39, 0.29) is 5.60 Å². The Morgan fingerprint density at radius 2 is 2.11 bits per heavy atom. The Labute approximate surface area is 110 Å². The van der Waals surface area contributed by atoms with Crippen molar-refractivity contribution in [3.8, 4) is 0 Å². The Hall–Kier alpha value is -0.870. The number of aryl methyl sites for hydroxylation is 1. The fourth-order valence-corrected chi connectivity index (χ4v) is 1.45. The number of nitrogens with zero attached hydrogens (tertiary/aromatic N) is 1. The predicted octanol–water partition coefficient (Wildman–Crippen LogP) is 2.92. The normalized spacial score (nSPS) is 12.3. The maximum Gasteiger partial charge on any atom is 0.194 e. The minimum Gasteiger partial charge on any atom is -0.443 e. The van der Waals surface area contributed by atoms with Gasteiger partial charge < -0.3 is 14.5 Å². The SMILES string of the molecule is CC(C)NCCCc1ncc(COC(C)(C)C)o1. The second kappa shape index (κ2) is 6.90. The second-order valence-electron chi connectivity index (χ2n) is 5.83. The zero-order valence-corrected chi connectivity index (χ0v) is 12.2. The van der Waals surface area contributed by atoms with Crippen molar-refractivity contribution in [2.24, 2.45) is 0 Å². The first-order valence-corrected chi connectivity index (χ1v) is 6.68. The first-order chi connectivity index (χ1) is 8.37. The number of aromatic nitrogens is 1. The van der Waals surface area contributed by atoms with Gasteiger partial charge >= 0.3 is 0 Å². The summed E-state index contributed by atoms with van der Waals surface area (Å²) in [6.07, 6.45) is 3.67. The van der Waals surface area contributed by atoms with E-state index in [0.29, 0.717) is 12.6 Å². The number of hydrogen-bond acceptors (Lipinski definition) is 4. The molecule has 0 saturated carbocycles. The zero-order valence-electron chi connectivity index (χ0n) is 12.2. The first kappa shape index (κ1) is 15.2. The first-order valence-electron chi connectivity index (χ1n) is 6.68. The lowest BCUT2D eigenvalue weighted by molar-refractivity contribution is -0.0227.